The summed E-state index contributed by atoms with van der Waals surface area (Å²) in [7, 11) is 1.74. The van der Waals surface area contributed by atoms with Gasteiger partial charge in [0, 0.05) is 18.9 Å². The summed E-state index contributed by atoms with van der Waals surface area (Å²) in [6.45, 7) is 9.01. The molecule has 0 atom stereocenters. The van der Waals surface area contributed by atoms with Gasteiger partial charge in [0.25, 0.3) is 0 Å². The van der Waals surface area contributed by atoms with Gasteiger partial charge >= 0.3 is 0 Å². The van der Waals surface area contributed by atoms with Crippen LogP contribution in [0.4, 0.5) is 0 Å². The van der Waals surface area contributed by atoms with Gasteiger partial charge in [-0.1, -0.05) is 28.1 Å². The molecule has 0 aliphatic rings. The number of ether oxygens (including phenoxy) is 2. The maximum Gasteiger partial charge on any atom is 0.125 e. The smallest absolute Gasteiger partial charge is 0.125 e. The van der Waals surface area contributed by atoms with Gasteiger partial charge in [-0.3, -0.25) is 0 Å². The van der Waals surface area contributed by atoms with Crippen LogP contribution in [0.15, 0.2) is 12.1 Å². The molecule has 0 fully saturated rings. The monoisotopic (exact) mass is 314 g/mol. The van der Waals surface area contributed by atoms with Crippen molar-refractivity contribution in [2.45, 2.75) is 45.0 Å². The molecular weight excluding hydrogens is 292 g/mol. The van der Waals surface area contributed by atoms with Crippen LogP contribution in [0.1, 0.15) is 37.0 Å². The molecule has 0 bridgehead atoms. The first kappa shape index (κ1) is 15.5. The summed E-state index contributed by atoms with van der Waals surface area (Å²) in [5.41, 5.74) is 3.55. The van der Waals surface area contributed by atoms with Crippen molar-refractivity contribution in [1.29, 1.82) is 0 Å². The zero-order chi connectivity index (χ0) is 13.8. The third-order valence-corrected chi connectivity index (χ3v) is 3.83. The fraction of sp³-hybridized carbons (Fsp3) is 0.600. The molecule has 2 nitrogen and oxygen atoms in total. The second-order valence-corrected chi connectivity index (χ2v) is 5.82. The van der Waals surface area contributed by atoms with Crippen molar-refractivity contribution >= 4 is 15.9 Å². The van der Waals surface area contributed by atoms with Crippen LogP contribution in [-0.2, 0) is 10.1 Å². The van der Waals surface area contributed by atoms with Gasteiger partial charge in [-0.05, 0) is 44.4 Å². The minimum absolute atomic E-state index is 0.127. The first-order valence-corrected chi connectivity index (χ1v) is 7.36. The quantitative estimate of drug-likeness (QED) is 0.725. The Kier molecular flexibility index (Phi) is 5.67. The Balaban J connectivity index is 2.68. The van der Waals surface area contributed by atoms with Crippen LogP contribution >= 0.6 is 15.9 Å². The average molecular weight is 315 g/mol. The number of hydrogen-bond acceptors (Lipinski definition) is 2. The van der Waals surface area contributed by atoms with E-state index in [9.17, 15) is 0 Å². The Morgan fingerprint density at radius 3 is 2.17 bits per heavy atom. The summed E-state index contributed by atoms with van der Waals surface area (Å²) in [6, 6.07) is 4.33. The van der Waals surface area contributed by atoms with E-state index in [-0.39, 0.29) is 5.60 Å². The predicted molar refractivity (Wildman–Crippen MR) is 79.7 cm³/mol. The Bertz CT molecular complexity index is 376. The molecule has 0 saturated carbocycles. The molecule has 1 aromatic carbocycles. The van der Waals surface area contributed by atoms with E-state index in [4.69, 9.17) is 9.47 Å². The molecule has 0 aromatic heterocycles. The van der Waals surface area contributed by atoms with Crippen LogP contribution in [0.3, 0.4) is 0 Å². The van der Waals surface area contributed by atoms with Crippen LogP contribution in [0.25, 0.3) is 0 Å². The summed E-state index contributed by atoms with van der Waals surface area (Å²) >= 11 is 3.48. The number of rotatable bonds is 6. The molecule has 0 heterocycles. The molecule has 0 unspecified atom stereocenters. The summed E-state index contributed by atoms with van der Waals surface area (Å²) in [4.78, 5) is 0. The molecule has 0 radical (unpaired) electrons. The zero-order valence-electron chi connectivity index (χ0n) is 12.0. The van der Waals surface area contributed by atoms with Crippen LogP contribution in [-0.4, -0.2) is 19.3 Å². The molecule has 3 heteroatoms. The maximum absolute atomic E-state index is 5.91. The van der Waals surface area contributed by atoms with Crippen LogP contribution in [0.2, 0.25) is 0 Å². The van der Waals surface area contributed by atoms with E-state index in [1.807, 2.05) is 0 Å². The minimum atomic E-state index is -0.127. The Hall–Kier alpha value is -0.540. The predicted octanol–water partition coefficient (Wildman–Crippen LogP) is 4.39. The van der Waals surface area contributed by atoms with Crippen LogP contribution in [0, 0.1) is 13.8 Å². The lowest BCUT2D eigenvalue weighted by atomic mass is 10.1. The van der Waals surface area contributed by atoms with Gasteiger partial charge in [-0.2, -0.15) is 0 Å². The molecule has 1 aromatic rings. The lowest BCUT2D eigenvalue weighted by molar-refractivity contribution is 0.00533. The number of benzene rings is 1. The van der Waals surface area contributed by atoms with E-state index in [1.165, 1.54) is 16.7 Å². The van der Waals surface area contributed by atoms with E-state index < -0.39 is 0 Å². The van der Waals surface area contributed by atoms with Gasteiger partial charge in [0.2, 0.25) is 0 Å². The highest BCUT2D eigenvalue weighted by atomic mass is 79.9. The summed E-state index contributed by atoms with van der Waals surface area (Å²) in [5, 5.41) is 0.881. The highest BCUT2D eigenvalue weighted by Crippen LogP contribution is 2.26. The Morgan fingerprint density at radius 2 is 1.72 bits per heavy atom. The average Bonchev–Trinajstić information content (AvgIpc) is 2.32. The number of methoxy groups -OCH3 is 1. The number of aryl methyl sites for hydroxylation is 2. The second kappa shape index (κ2) is 6.58. The fourth-order valence-electron chi connectivity index (χ4n) is 1.85. The molecule has 0 spiro atoms. The van der Waals surface area contributed by atoms with E-state index in [1.54, 1.807) is 7.11 Å². The number of hydrogen-bond donors (Lipinski definition) is 0. The van der Waals surface area contributed by atoms with Crippen molar-refractivity contribution < 1.29 is 9.47 Å². The molecule has 0 aliphatic carbocycles. The molecule has 102 valence electrons. The van der Waals surface area contributed by atoms with Crippen LogP contribution in [0.5, 0.6) is 5.75 Å². The first-order valence-electron chi connectivity index (χ1n) is 6.23. The standard InChI is InChI=1S/C15H23BrO2/c1-11-8-13(10-16)9-12(2)14(11)18-7-6-15(3,4)17-5/h8-9H,6-7,10H2,1-5H3. The van der Waals surface area contributed by atoms with Crippen molar-refractivity contribution in [2.75, 3.05) is 13.7 Å². The molecule has 0 N–H and O–H groups in total. The van der Waals surface area contributed by atoms with Gasteiger partial charge in [-0.25, -0.2) is 0 Å². The SMILES string of the molecule is COC(C)(C)CCOc1c(C)cc(CBr)cc1C. The van der Waals surface area contributed by atoms with E-state index >= 15 is 0 Å². The number of halogens is 1. The minimum Gasteiger partial charge on any atom is -0.493 e. The normalized spacial score (nSPS) is 11.7. The van der Waals surface area contributed by atoms with Gasteiger partial charge in [0.15, 0.2) is 0 Å². The molecule has 18 heavy (non-hydrogen) atoms. The van der Waals surface area contributed by atoms with Gasteiger partial charge in [0.1, 0.15) is 5.75 Å². The summed E-state index contributed by atoms with van der Waals surface area (Å²) < 4.78 is 11.3. The largest absolute Gasteiger partial charge is 0.493 e. The number of alkyl halides is 1. The van der Waals surface area contributed by atoms with E-state index in [0.717, 1.165) is 17.5 Å². The molecular formula is C15H23BrO2. The molecule has 1 rings (SSSR count). The topological polar surface area (TPSA) is 18.5 Å². The first-order chi connectivity index (χ1) is 8.39. The van der Waals surface area contributed by atoms with Crippen molar-refractivity contribution in [2.24, 2.45) is 0 Å². The summed E-state index contributed by atoms with van der Waals surface area (Å²) in [5.74, 6) is 1.01. The molecule has 0 amide bonds. The van der Waals surface area contributed by atoms with Gasteiger partial charge < -0.3 is 9.47 Å². The third-order valence-electron chi connectivity index (χ3n) is 3.18. The third kappa shape index (κ3) is 4.29. The van der Waals surface area contributed by atoms with E-state index in [2.05, 4.69) is 55.8 Å². The lowest BCUT2D eigenvalue weighted by Gasteiger charge is -2.23. The highest BCUT2D eigenvalue weighted by Gasteiger charge is 2.16. The highest BCUT2D eigenvalue weighted by molar-refractivity contribution is 9.08. The second-order valence-electron chi connectivity index (χ2n) is 5.25. The lowest BCUT2D eigenvalue weighted by Crippen LogP contribution is -2.25. The van der Waals surface area contributed by atoms with Gasteiger partial charge in [-0.15, -0.1) is 0 Å². The van der Waals surface area contributed by atoms with Crippen molar-refractivity contribution in [1.82, 2.24) is 0 Å². The van der Waals surface area contributed by atoms with Crippen molar-refractivity contribution in [3.63, 3.8) is 0 Å². The fourth-order valence-corrected chi connectivity index (χ4v) is 2.17. The Labute approximate surface area is 119 Å². The van der Waals surface area contributed by atoms with Gasteiger partial charge in [0.05, 0.1) is 12.2 Å². The van der Waals surface area contributed by atoms with Crippen molar-refractivity contribution in [3.05, 3.63) is 28.8 Å². The molecule has 0 aliphatic heterocycles. The molecule has 0 saturated heterocycles. The Morgan fingerprint density at radius 1 is 1.17 bits per heavy atom. The van der Waals surface area contributed by atoms with Crippen LogP contribution < -0.4 is 4.74 Å². The zero-order valence-corrected chi connectivity index (χ0v) is 13.6. The van der Waals surface area contributed by atoms with Crippen molar-refractivity contribution in [3.8, 4) is 5.75 Å². The summed E-state index contributed by atoms with van der Waals surface area (Å²) in [6.07, 6.45) is 0.878. The van der Waals surface area contributed by atoms with E-state index in [0.29, 0.717) is 6.61 Å². The maximum atomic E-state index is 5.91.